The number of hydrogen-bond acceptors (Lipinski definition) is 4. The minimum absolute atomic E-state index is 0.0953. The van der Waals surface area contributed by atoms with Gasteiger partial charge in [-0.05, 0) is 53.2 Å². The Morgan fingerprint density at radius 1 is 1.29 bits per heavy atom. The second-order valence-electron chi connectivity index (χ2n) is 6.59. The second-order valence-corrected chi connectivity index (χ2v) is 7.44. The number of ether oxygens (including phenoxy) is 1. The fraction of sp³-hybridized carbons (Fsp3) is 0.556. The Labute approximate surface area is 150 Å². The molecule has 1 aromatic rings. The molecule has 1 heterocycles. The molecule has 1 saturated carbocycles. The fourth-order valence-corrected chi connectivity index (χ4v) is 4.45. The van der Waals surface area contributed by atoms with Crippen LogP contribution in [0.3, 0.4) is 0 Å². The Morgan fingerprint density at radius 3 is 2.79 bits per heavy atom. The smallest absolute Gasteiger partial charge is 0.323 e. The van der Waals surface area contributed by atoms with Crippen molar-refractivity contribution in [1.82, 2.24) is 4.90 Å². The third-order valence-corrected chi connectivity index (χ3v) is 5.86. The second kappa shape index (κ2) is 7.66. The number of likely N-dealkylation sites (tertiary alicyclic amines) is 1. The summed E-state index contributed by atoms with van der Waals surface area (Å²) < 4.78 is 5.82. The summed E-state index contributed by atoms with van der Waals surface area (Å²) in [5.74, 6) is 0.180. The highest BCUT2D eigenvalue weighted by molar-refractivity contribution is 9.10. The van der Waals surface area contributed by atoms with E-state index in [1.807, 2.05) is 24.3 Å². The third-order valence-electron chi connectivity index (χ3n) is 5.17. The Kier molecular flexibility index (Phi) is 5.56. The minimum atomic E-state index is -0.298. The van der Waals surface area contributed by atoms with Gasteiger partial charge in [0.1, 0.15) is 6.04 Å². The number of hydrogen-bond donors (Lipinski definition) is 1. The Bertz CT molecular complexity index is 622. The van der Waals surface area contributed by atoms with Crippen LogP contribution in [-0.2, 0) is 14.3 Å². The molecule has 3 rings (SSSR count). The summed E-state index contributed by atoms with van der Waals surface area (Å²) in [4.78, 5) is 26.7. The van der Waals surface area contributed by atoms with Crippen molar-refractivity contribution in [1.29, 1.82) is 0 Å². The van der Waals surface area contributed by atoms with E-state index in [9.17, 15) is 9.59 Å². The lowest BCUT2D eigenvalue weighted by Gasteiger charge is -2.32. The van der Waals surface area contributed by atoms with E-state index in [1.54, 1.807) is 0 Å². The zero-order valence-corrected chi connectivity index (χ0v) is 15.4. The normalized spacial score (nSPS) is 26.7. The van der Waals surface area contributed by atoms with Crippen LogP contribution in [0, 0.1) is 5.92 Å². The average molecular weight is 395 g/mol. The van der Waals surface area contributed by atoms with Gasteiger partial charge in [0.2, 0.25) is 5.91 Å². The first kappa shape index (κ1) is 17.4. The van der Waals surface area contributed by atoms with Crippen LogP contribution in [0.15, 0.2) is 28.7 Å². The average Bonchev–Trinajstić information content (AvgIpc) is 2.95. The quantitative estimate of drug-likeness (QED) is 0.796. The lowest BCUT2D eigenvalue weighted by Crippen LogP contribution is -2.46. The van der Waals surface area contributed by atoms with Gasteiger partial charge in [-0.15, -0.1) is 0 Å². The highest BCUT2D eigenvalue weighted by Crippen LogP contribution is 2.39. The first-order valence-corrected chi connectivity index (χ1v) is 9.27. The van der Waals surface area contributed by atoms with Crippen LogP contribution >= 0.6 is 15.9 Å². The van der Waals surface area contributed by atoms with Gasteiger partial charge in [0.15, 0.2) is 0 Å². The number of anilines is 1. The summed E-state index contributed by atoms with van der Waals surface area (Å²) in [5, 5.41) is 2.93. The van der Waals surface area contributed by atoms with Gasteiger partial charge in [-0.25, -0.2) is 0 Å². The van der Waals surface area contributed by atoms with E-state index in [0.717, 1.165) is 35.8 Å². The number of methoxy groups -OCH3 is 1. The summed E-state index contributed by atoms with van der Waals surface area (Å²) >= 11 is 3.44. The van der Waals surface area contributed by atoms with E-state index in [1.165, 1.54) is 13.5 Å². The van der Waals surface area contributed by atoms with Gasteiger partial charge in [-0.2, -0.15) is 0 Å². The first-order chi connectivity index (χ1) is 11.6. The molecule has 6 heteroatoms. The molecule has 5 nitrogen and oxygen atoms in total. The van der Waals surface area contributed by atoms with Gasteiger partial charge >= 0.3 is 5.97 Å². The van der Waals surface area contributed by atoms with E-state index in [4.69, 9.17) is 4.74 Å². The molecule has 1 aromatic carbocycles. The van der Waals surface area contributed by atoms with E-state index >= 15 is 0 Å². The summed E-state index contributed by atoms with van der Waals surface area (Å²) in [6.07, 6.45) is 5.38. The summed E-state index contributed by atoms with van der Waals surface area (Å²) in [5.41, 5.74) is 0.747. The topological polar surface area (TPSA) is 58.6 Å². The molecule has 0 radical (unpaired) electrons. The number of rotatable bonds is 4. The number of amides is 1. The number of esters is 1. The molecule has 1 saturated heterocycles. The number of para-hydroxylation sites is 1. The SMILES string of the molecule is COC(=O)[C@@H]1C[C@@H]2CCCC[C@@H]2N1CC(=O)Nc1ccccc1Br. The van der Waals surface area contributed by atoms with Crippen molar-refractivity contribution in [3.63, 3.8) is 0 Å². The summed E-state index contributed by atoms with van der Waals surface area (Å²) in [6.45, 7) is 0.224. The number of nitrogens with one attached hydrogen (secondary N) is 1. The maximum Gasteiger partial charge on any atom is 0.323 e. The molecule has 1 aliphatic heterocycles. The molecule has 1 N–H and O–H groups in total. The van der Waals surface area contributed by atoms with Crippen molar-refractivity contribution >= 4 is 33.5 Å². The standard InChI is InChI=1S/C18H23BrN2O3/c1-24-18(23)16-10-12-6-2-5-9-15(12)21(16)11-17(22)20-14-8-4-3-7-13(14)19/h3-4,7-8,12,15-16H,2,5-6,9-11H2,1H3,(H,20,22)/t12-,15-,16-/m0/s1. The molecule has 0 spiro atoms. The lowest BCUT2D eigenvalue weighted by molar-refractivity contribution is -0.146. The van der Waals surface area contributed by atoms with Gasteiger partial charge in [0.25, 0.3) is 0 Å². The van der Waals surface area contributed by atoms with Crippen molar-refractivity contribution in [2.24, 2.45) is 5.92 Å². The molecule has 130 valence electrons. The van der Waals surface area contributed by atoms with Crippen LogP contribution < -0.4 is 5.32 Å². The molecule has 3 atom stereocenters. The van der Waals surface area contributed by atoms with Crippen LogP contribution in [-0.4, -0.2) is 42.5 Å². The van der Waals surface area contributed by atoms with E-state index in [2.05, 4.69) is 26.1 Å². The van der Waals surface area contributed by atoms with E-state index < -0.39 is 0 Å². The first-order valence-electron chi connectivity index (χ1n) is 8.48. The van der Waals surface area contributed by atoms with Crippen molar-refractivity contribution in [3.05, 3.63) is 28.7 Å². The largest absolute Gasteiger partial charge is 0.468 e. The Morgan fingerprint density at radius 2 is 2.04 bits per heavy atom. The molecule has 2 aliphatic rings. The van der Waals surface area contributed by atoms with Crippen LogP contribution in [0.1, 0.15) is 32.1 Å². The monoisotopic (exact) mass is 394 g/mol. The molecule has 0 unspecified atom stereocenters. The van der Waals surface area contributed by atoms with Crippen molar-refractivity contribution < 1.29 is 14.3 Å². The molecule has 0 bridgehead atoms. The molecule has 2 fully saturated rings. The van der Waals surface area contributed by atoms with Gasteiger partial charge in [0, 0.05) is 10.5 Å². The van der Waals surface area contributed by atoms with Gasteiger partial charge in [-0.3, -0.25) is 14.5 Å². The zero-order chi connectivity index (χ0) is 17.1. The van der Waals surface area contributed by atoms with E-state index in [-0.39, 0.29) is 24.5 Å². The number of fused-ring (bicyclic) bond motifs is 1. The van der Waals surface area contributed by atoms with Crippen LogP contribution in [0.25, 0.3) is 0 Å². The minimum Gasteiger partial charge on any atom is -0.468 e. The summed E-state index contributed by atoms with van der Waals surface area (Å²) in [7, 11) is 1.42. The van der Waals surface area contributed by atoms with Crippen LogP contribution in [0.5, 0.6) is 0 Å². The number of benzene rings is 1. The maximum absolute atomic E-state index is 12.5. The highest BCUT2D eigenvalue weighted by atomic mass is 79.9. The Hall–Kier alpha value is -1.40. The summed E-state index contributed by atoms with van der Waals surface area (Å²) in [6, 6.07) is 7.54. The molecule has 1 aliphatic carbocycles. The molecular formula is C18H23BrN2O3. The zero-order valence-electron chi connectivity index (χ0n) is 13.8. The molecule has 1 amide bonds. The van der Waals surface area contributed by atoms with Gasteiger partial charge in [0.05, 0.1) is 19.3 Å². The number of carbonyl (C=O) groups is 2. The molecular weight excluding hydrogens is 372 g/mol. The van der Waals surface area contributed by atoms with E-state index in [0.29, 0.717) is 12.0 Å². The molecule has 0 aromatic heterocycles. The number of carbonyl (C=O) groups excluding carboxylic acids is 2. The van der Waals surface area contributed by atoms with Crippen molar-refractivity contribution in [2.45, 2.75) is 44.2 Å². The highest BCUT2D eigenvalue weighted by Gasteiger charge is 2.46. The predicted molar refractivity (Wildman–Crippen MR) is 95.6 cm³/mol. The lowest BCUT2D eigenvalue weighted by atomic mass is 9.85. The van der Waals surface area contributed by atoms with Gasteiger partial charge < -0.3 is 10.1 Å². The maximum atomic E-state index is 12.5. The number of nitrogens with zero attached hydrogens (tertiary/aromatic N) is 1. The van der Waals surface area contributed by atoms with Gasteiger partial charge in [-0.1, -0.05) is 25.0 Å². The Balaban J connectivity index is 1.71. The van der Waals surface area contributed by atoms with Crippen LogP contribution in [0.2, 0.25) is 0 Å². The molecule has 24 heavy (non-hydrogen) atoms. The predicted octanol–water partition coefficient (Wildman–Crippen LogP) is 3.19. The third kappa shape index (κ3) is 3.64. The number of halogens is 1. The van der Waals surface area contributed by atoms with Crippen molar-refractivity contribution in [3.8, 4) is 0 Å². The van der Waals surface area contributed by atoms with Crippen molar-refractivity contribution in [2.75, 3.05) is 19.0 Å². The van der Waals surface area contributed by atoms with Crippen LogP contribution in [0.4, 0.5) is 5.69 Å². The fourth-order valence-electron chi connectivity index (χ4n) is 4.07.